The molecule has 0 fully saturated rings. The van der Waals surface area contributed by atoms with E-state index in [2.05, 4.69) is 62.4 Å². The molecule has 4 rings (SSSR count). The highest BCUT2D eigenvalue weighted by atomic mass is 79.9. The molecule has 0 saturated heterocycles. The quantitative estimate of drug-likeness (QED) is 0.225. The van der Waals surface area contributed by atoms with E-state index < -0.39 is 13.0 Å². The lowest BCUT2D eigenvalue weighted by Gasteiger charge is -2.25. The Morgan fingerprint density at radius 2 is 1.82 bits per heavy atom. The van der Waals surface area contributed by atoms with Gasteiger partial charge in [-0.05, 0) is 76.1 Å². The molecule has 200 valence electrons. The number of anilines is 4. The van der Waals surface area contributed by atoms with E-state index in [1.165, 1.54) is 12.1 Å². The minimum atomic E-state index is -2.76. The summed E-state index contributed by atoms with van der Waals surface area (Å²) in [5.74, 6) is 0.937. The van der Waals surface area contributed by atoms with Crippen molar-refractivity contribution in [2.24, 2.45) is 7.05 Å². The largest absolute Gasteiger partial charge is 0.495 e. The van der Waals surface area contributed by atoms with Gasteiger partial charge in [0.2, 0.25) is 5.95 Å². The van der Waals surface area contributed by atoms with Gasteiger partial charge >= 0.3 is 0 Å². The molecule has 0 radical (unpaired) electrons. The smallest absolute Gasteiger partial charge is 0.229 e. The third-order valence-corrected chi connectivity index (χ3v) is 8.06. The van der Waals surface area contributed by atoms with E-state index >= 15 is 0 Å². The monoisotopic (exact) mass is 600 g/mol. The summed E-state index contributed by atoms with van der Waals surface area (Å²) in [5.41, 5.74) is 4.15. The molecule has 2 aromatic carbocycles. The Hall–Kier alpha value is -3.23. The molecule has 2 N–H and O–H groups in total. The zero-order chi connectivity index (χ0) is 27.8. The maximum atomic E-state index is 13.9. The first-order valence-corrected chi connectivity index (χ1v) is 15.3. The van der Waals surface area contributed by atoms with Crippen molar-refractivity contribution in [1.29, 1.82) is 0 Å². The lowest BCUT2D eigenvalue weighted by Crippen LogP contribution is -2.14. The Bertz CT molecular complexity index is 1540. The molecular formula is C27H31BrFN6O2P. The Balaban J connectivity index is 1.75. The summed E-state index contributed by atoms with van der Waals surface area (Å²) < 4.78 is 34.8. The summed E-state index contributed by atoms with van der Waals surface area (Å²) in [6.07, 6.45) is 5.41. The van der Waals surface area contributed by atoms with Gasteiger partial charge in [-0.2, -0.15) is 10.1 Å². The predicted octanol–water partition coefficient (Wildman–Crippen LogP) is 6.82. The maximum absolute atomic E-state index is 13.9. The molecule has 0 amide bonds. The molecule has 2 heterocycles. The van der Waals surface area contributed by atoms with Crippen LogP contribution < -0.4 is 20.7 Å². The summed E-state index contributed by atoms with van der Waals surface area (Å²) in [6.45, 7) is 9.66. The van der Waals surface area contributed by atoms with E-state index in [0.717, 1.165) is 16.7 Å². The van der Waals surface area contributed by atoms with E-state index in [1.807, 2.05) is 31.6 Å². The molecule has 0 aliphatic carbocycles. The van der Waals surface area contributed by atoms with E-state index in [1.54, 1.807) is 37.4 Å². The van der Waals surface area contributed by atoms with Crippen LogP contribution in [0, 0.1) is 5.82 Å². The number of benzene rings is 2. The topological polar surface area (TPSA) is 94.0 Å². The van der Waals surface area contributed by atoms with Gasteiger partial charge in [0, 0.05) is 30.3 Å². The Labute approximate surface area is 230 Å². The van der Waals surface area contributed by atoms with Gasteiger partial charge in [-0.25, -0.2) is 9.37 Å². The van der Waals surface area contributed by atoms with Gasteiger partial charge in [-0.15, -0.1) is 0 Å². The first kappa shape index (κ1) is 27.8. The fourth-order valence-electron chi connectivity index (χ4n) is 4.09. The highest BCUT2D eigenvalue weighted by Gasteiger charge is 2.23. The Morgan fingerprint density at radius 1 is 1.08 bits per heavy atom. The molecule has 4 aromatic rings. The van der Waals surface area contributed by atoms with Crippen molar-refractivity contribution >= 4 is 51.5 Å². The molecular weight excluding hydrogens is 570 g/mol. The fourth-order valence-corrected chi connectivity index (χ4v) is 5.52. The van der Waals surface area contributed by atoms with Gasteiger partial charge < -0.3 is 19.9 Å². The van der Waals surface area contributed by atoms with Gasteiger partial charge in [-0.1, -0.05) is 20.8 Å². The highest BCUT2D eigenvalue weighted by molar-refractivity contribution is 9.10. The van der Waals surface area contributed by atoms with Gasteiger partial charge in [0.25, 0.3) is 0 Å². The molecule has 0 atom stereocenters. The lowest BCUT2D eigenvalue weighted by atomic mass is 9.82. The van der Waals surface area contributed by atoms with E-state index in [9.17, 15) is 8.96 Å². The van der Waals surface area contributed by atoms with Crippen molar-refractivity contribution in [3.8, 4) is 16.9 Å². The van der Waals surface area contributed by atoms with Crippen LogP contribution in [-0.4, -0.2) is 40.2 Å². The van der Waals surface area contributed by atoms with Crippen LogP contribution in [0.4, 0.5) is 27.5 Å². The standard InChI is InChI=1S/C27H31BrFN6O2P/c1-27(2,3)19-12-23(37-5)22(11-18(19)16-13-31-35(4)15-16)33-26-30-14-20(28)25(34-26)32-21-9-8-17(29)10-24(21)38(6,7)36/h8-15H,1-7H3,(H2,30,32,33,34). The maximum Gasteiger partial charge on any atom is 0.229 e. The van der Waals surface area contributed by atoms with Crippen LogP contribution in [0.2, 0.25) is 0 Å². The van der Waals surface area contributed by atoms with Crippen molar-refractivity contribution in [3.63, 3.8) is 0 Å². The molecule has 0 aliphatic rings. The second-order valence-corrected chi connectivity index (χ2v) is 14.4. The summed E-state index contributed by atoms with van der Waals surface area (Å²) in [5, 5.41) is 11.2. The zero-order valence-electron chi connectivity index (χ0n) is 22.4. The number of halogens is 2. The van der Waals surface area contributed by atoms with Gasteiger partial charge in [0.1, 0.15) is 24.5 Å². The molecule has 2 aromatic heterocycles. The number of hydrogen-bond acceptors (Lipinski definition) is 7. The average molecular weight is 601 g/mol. The third-order valence-electron chi connectivity index (χ3n) is 5.95. The number of aryl methyl sites for hydroxylation is 1. The number of nitrogens with one attached hydrogen (secondary N) is 2. The first-order valence-electron chi connectivity index (χ1n) is 11.9. The number of hydrogen-bond donors (Lipinski definition) is 2. The molecule has 0 spiro atoms. The molecule has 11 heteroatoms. The predicted molar refractivity (Wildman–Crippen MR) is 156 cm³/mol. The highest BCUT2D eigenvalue weighted by Crippen LogP contribution is 2.41. The number of nitrogens with zero attached hydrogens (tertiary/aromatic N) is 4. The molecule has 0 aliphatic heterocycles. The second-order valence-electron chi connectivity index (χ2n) is 10.4. The van der Waals surface area contributed by atoms with Gasteiger partial charge in [0.15, 0.2) is 0 Å². The second kappa shape index (κ2) is 10.5. The normalized spacial score (nSPS) is 11.9. The third kappa shape index (κ3) is 6.08. The van der Waals surface area contributed by atoms with Crippen LogP contribution in [0.15, 0.2) is 53.4 Å². The van der Waals surface area contributed by atoms with Crippen LogP contribution in [0.1, 0.15) is 26.3 Å². The summed E-state index contributed by atoms with van der Waals surface area (Å²) in [4.78, 5) is 9.04. The number of ether oxygens (including phenoxy) is 1. The molecule has 0 saturated carbocycles. The number of rotatable bonds is 7. The van der Waals surface area contributed by atoms with Crippen LogP contribution in [-0.2, 0) is 17.0 Å². The summed E-state index contributed by atoms with van der Waals surface area (Å²) in [6, 6.07) is 8.20. The molecule has 8 nitrogen and oxygen atoms in total. The first-order chi connectivity index (χ1) is 17.8. The number of aromatic nitrogens is 4. The average Bonchev–Trinajstić information content (AvgIpc) is 3.26. The fraction of sp³-hybridized carbons (Fsp3) is 0.296. The SMILES string of the molecule is COc1cc(C(C)(C)C)c(-c2cnn(C)c2)cc1Nc1ncc(Br)c(Nc2ccc(F)cc2P(C)(C)=O)n1. The zero-order valence-corrected chi connectivity index (χ0v) is 24.9. The van der Waals surface area contributed by atoms with Gasteiger partial charge in [-0.3, -0.25) is 4.68 Å². The van der Waals surface area contributed by atoms with E-state index in [4.69, 9.17) is 4.74 Å². The van der Waals surface area contributed by atoms with Crippen molar-refractivity contribution in [2.75, 3.05) is 31.1 Å². The van der Waals surface area contributed by atoms with Crippen molar-refractivity contribution in [1.82, 2.24) is 19.7 Å². The summed E-state index contributed by atoms with van der Waals surface area (Å²) >= 11 is 3.47. The van der Waals surface area contributed by atoms with E-state index in [-0.39, 0.29) is 5.41 Å². The lowest BCUT2D eigenvalue weighted by molar-refractivity contribution is 0.415. The van der Waals surface area contributed by atoms with Crippen LogP contribution >= 0.6 is 23.1 Å². The van der Waals surface area contributed by atoms with Crippen LogP contribution in [0.25, 0.3) is 11.1 Å². The Kier molecular flexibility index (Phi) is 7.68. The van der Waals surface area contributed by atoms with Gasteiger partial charge in [0.05, 0.1) is 29.2 Å². The van der Waals surface area contributed by atoms with Crippen LogP contribution in [0.3, 0.4) is 0 Å². The van der Waals surface area contributed by atoms with Crippen molar-refractivity contribution in [3.05, 3.63) is 64.8 Å². The van der Waals surface area contributed by atoms with Crippen molar-refractivity contribution in [2.45, 2.75) is 26.2 Å². The number of methoxy groups -OCH3 is 1. The van der Waals surface area contributed by atoms with E-state index in [0.29, 0.717) is 38.7 Å². The van der Waals surface area contributed by atoms with Crippen LogP contribution in [0.5, 0.6) is 5.75 Å². The minimum Gasteiger partial charge on any atom is -0.495 e. The minimum absolute atomic E-state index is 0.146. The molecule has 0 unspecified atom stereocenters. The Morgan fingerprint density at radius 3 is 2.42 bits per heavy atom. The van der Waals surface area contributed by atoms with Crippen molar-refractivity contribution < 1.29 is 13.7 Å². The molecule has 38 heavy (non-hydrogen) atoms. The molecule has 0 bridgehead atoms. The summed E-state index contributed by atoms with van der Waals surface area (Å²) in [7, 11) is 0.742.